The van der Waals surface area contributed by atoms with E-state index in [0.29, 0.717) is 5.92 Å². The van der Waals surface area contributed by atoms with E-state index in [4.69, 9.17) is 0 Å². The summed E-state index contributed by atoms with van der Waals surface area (Å²) in [5, 5.41) is 22.6. The van der Waals surface area contributed by atoms with Crippen molar-refractivity contribution in [2.75, 3.05) is 6.54 Å². The van der Waals surface area contributed by atoms with Crippen LogP contribution in [0.3, 0.4) is 0 Å². The number of nitrogens with one attached hydrogen (secondary N) is 1. The third-order valence-electron chi connectivity index (χ3n) is 3.58. The van der Waals surface area contributed by atoms with Crippen molar-refractivity contribution in [3.05, 3.63) is 59.7 Å². The second-order valence-electron chi connectivity index (χ2n) is 5.18. The van der Waals surface area contributed by atoms with Gasteiger partial charge in [-0.3, -0.25) is 0 Å². The van der Waals surface area contributed by atoms with Crippen LogP contribution in [0.2, 0.25) is 0 Å². The Labute approximate surface area is 119 Å². The molecule has 3 nitrogen and oxygen atoms in total. The lowest BCUT2D eigenvalue weighted by Gasteiger charge is -2.19. The minimum atomic E-state index is 0.0294. The number of phenolic OH excluding ortho intramolecular Hbond substituents is 2. The maximum Gasteiger partial charge on any atom is 0.124 e. The molecule has 0 radical (unpaired) electrons. The van der Waals surface area contributed by atoms with Crippen LogP contribution in [-0.4, -0.2) is 16.8 Å². The van der Waals surface area contributed by atoms with Crippen LogP contribution in [0.1, 0.15) is 36.9 Å². The van der Waals surface area contributed by atoms with Gasteiger partial charge in [0.1, 0.15) is 11.5 Å². The number of hydrogen-bond donors (Lipinski definition) is 3. The average molecular weight is 271 g/mol. The van der Waals surface area contributed by atoms with E-state index >= 15 is 0 Å². The molecule has 0 fully saturated rings. The maximum absolute atomic E-state index is 9.84. The highest BCUT2D eigenvalue weighted by Gasteiger charge is 2.12. The van der Waals surface area contributed by atoms with E-state index in [1.807, 2.05) is 25.1 Å². The summed E-state index contributed by atoms with van der Waals surface area (Å²) in [6.45, 7) is 5.00. The van der Waals surface area contributed by atoms with E-state index < -0.39 is 0 Å². The monoisotopic (exact) mass is 271 g/mol. The van der Waals surface area contributed by atoms with Crippen molar-refractivity contribution in [1.29, 1.82) is 0 Å². The Hall–Kier alpha value is -2.00. The molecule has 0 saturated heterocycles. The molecule has 0 aliphatic rings. The summed E-state index contributed by atoms with van der Waals surface area (Å²) >= 11 is 0. The molecule has 106 valence electrons. The summed E-state index contributed by atoms with van der Waals surface area (Å²) in [5.41, 5.74) is 2.09. The summed E-state index contributed by atoms with van der Waals surface area (Å²) < 4.78 is 0. The van der Waals surface area contributed by atoms with Crippen LogP contribution in [0, 0.1) is 0 Å². The van der Waals surface area contributed by atoms with Gasteiger partial charge in [0, 0.05) is 24.2 Å². The molecule has 2 rings (SSSR count). The van der Waals surface area contributed by atoms with Gasteiger partial charge in [-0.2, -0.15) is 0 Å². The molecule has 2 atom stereocenters. The molecule has 0 aliphatic heterocycles. The van der Waals surface area contributed by atoms with E-state index in [1.54, 1.807) is 12.1 Å². The molecule has 0 aromatic heterocycles. The van der Waals surface area contributed by atoms with Gasteiger partial charge in [-0.25, -0.2) is 0 Å². The molecule has 0 bridgehead atoms. The molecule has 0 heterocycles. The minimum Gasteiger partial charge on any atom is -0.508 e. The summed E-state index contributed by atoms with van der Waals surface area (Å²) in [7, 11) is 0. The zero-order valence-electron chi connectivity index (χ0n) is 11.9. The van der Waals surface area contributed by atoms with Gasteiger partial charge in [0.05, 0.1) is 0 Å². The first-order valence-corrected chi connectivity index (χ1v) is 6.88. The van der Waals surface area contributed by atoms with Gasteiger partial charge in [-0.1, -0.05) is 43.3 Å². The molecule has 20 heavy (non-hydrogen) atoms. The molecule has 3 heteroatoms. The van der Waals surface area contributed by atoms with E-state index in [9.17, 15) is 10.2 Å². The van der Waals surface area contributed by atoms with Crippen molar-refractivity contribution in [2.24, 2.45) is 0 Å². The van der Waals surface area contributed by atoms with Crippen LogP contribution in [0.25, 0.3) is 0 Å². The molecule has 2 unspecified atom stereocenters. The predicted octanol–water partition coefficient (Wildman–Crippen LogP) is 3.55. The van der Waals surface area contributed by atoms with Crippen LogP contribution in [0.4, 0.5) is 0 Å². The Balaban J connectivity index is 1.96. The number of hydrogen-bond acceptors (Lipinski definition) is 3. The second kappa shape index (κ2) is 6.44. The SMILES string of the molecule is CC(CNC(C)c1ccc(O)cc1O)c1ccccc1. The highest BCUT2D eigenvalue weighted by Crippen LogP contribution is 2.28. The summed E-state index contributed by atoms with van der Waals surface area (Å²) in [6.07, 6.45) is 0. The van der Waals surface area contributed by atoms with Crippen molar-refractivity contribution in [1.82, 2.24) is 5.32 Å². The highest BCUT2D eigenvalue weighted by molar-refractivity contribution is 5.40. The molecule has 0 spiro atoms. The van der Waals surface area contributed by atoms with Gasteiger partial charge >= 0.3 is 0 Å². The van der Waals surface area contributed by atoms with Crippen molar-refractivity contribution in [3.8, 4) is 11.5 Å². The van der Waals surface area contributed by atoms with E-state index in [0.717, 1.165) is 12.1 Å². The molecule has 0 aliphatic carbocycles. The van der Waals surface area contributed by atoms with Crippen LogP contribution in [0.5, 0.6) is 11.5 Å². The van der Waals surface area contributed by atoms with Crippen molar-refractivity contribution < 1.29 is 10.2 Å². The van der Waals surface area contributed by atoms with Gasteiger partial charge in [0.15, 0.2) is 0 Å². The number of rotatable bonds is 5. The fourth-order valence-electron chi connectivity index (χ4n) is 2.26. The van der Waals surface area contributed by atoms with Gasteiger partial charge in [-0.15, -0.1) is 0 Å². The number of benzene rings is 2. The second-order valence-corrected chi connectivity index (χ2v) is 5.18. The van der Waals surface area contributed by atoms with Gasteiger partial charge in [0.2, 0.25) is 0 Å². The Morgan fingerprint density at radius 1 is 1.00 bits per heavy atom. The largest absolute Gasteiger partial charge is 0.508 e. The zero-order valence-corrected chi connectivity index (χ0v) is 11.9. The summed E-state index contributed by atoms with van der Waals surface area (Å²) in [4.78, 5) is 0. The van der Waals surface area contributed by atoms with Crippen LogP contribution in [0.15, 0.2) is 48.5 Å². The first kappa shape index (κ1) is 14.4. The Morgan fingerprint density at radius 2 is 1.70 bits per heavy atom. The van der Waals surface area contributed by atoms with Crippen molar-refractivity contribution >= 4 is 0 Å². The zero-order chi connectivity index (χ0) is 14.5. The van der Waals surface area contributed by atoms with Crippen LogP contribution in [-0.2, 0) is 0 Å². The Morgan fingerprint density at radius 3 is 2.35 bits per heavy atom. The topological polar surface area (TPSA) is 52.5 Å². The molecular weight excluding hydrogens is 250 g/mol. The first-order valence-electron chi connectivity index (χ1n) is 6.88. The average Bonchev–Trinajstić information content (AvgIpc) is 2.45. The molecule has 0 amide bonds. The third kappa shape index (κ3) is 3.52. The Kier molecular flexibility index (Phi) is 4.64. The fraction of sp³-hybridized carbons (Fsp3) is 0.294. The Bertz CT molecular complexity index is 554. The first-order chi connectivity index (χ1) is 9.58. The predicted molar refractivity (Wildman–Crippen MR) is 81.0 cm³/mol. The quantitative estimate of drug-likeness (QED) is 0.779. The van der Waals surface area contributed by atoms with Crippen LogP contribution >= 0.6 is 0 Å². The van der Waals surface area contributed by atoms with Gasteiger partial charge < -0.3 is 15.5 Å². The minimum absolute atomic E-state index is 0.0294. The highest BCUT2D eigenvalue weighted by atomic mass is 16.3. The van der Waals surface area contributed by atoms with E-state index in [1.165, 1.54) is 11.6 Å². The molecule has 2 aromatic rings. The van der Waals surface area contributed by atoms with Gasteiger partial charge in [-0.05, 0) is 24.5 Å². The fourth-order valence-corrected chi connectivity index (χ4v) is 2.26. The number of phenols is 2. The number of aromatic hydroxyl groups is 2. The molecular formula is C17H21NO2. The van der Waals surface area contributed by atoms with Crippen molar-refractivity contribution in [3.63, 3.8) is 0 Å². The van der Waals surface area contributed by atoms with Crippen LogP contribution < -0.4 is 5.32 Å². The standard InChI is InChI=1S/C17H21NO2/c1-12(14-6-4-3-5-7-14)11-18-13(2)16-9-8-15(19)10-17(16)20/h3-10,12-13,18-20H,11H2,1-2H3. The van der Waals surface area contributed by atoms with Gasteiger partial charge in [0.25, 0.3) is 0 Å². The van der Waals surface area contributed by atoms with Crippen molar-refractivity contribution in [2.45, 2.75) is 25.8 Å². The molecule has 3 N–H and O–H groups in total. The maximum atomic E-state index is 9.84. The lowest BCUT2D eigenvalue weighted by atomic mass is 10.00. The lowest BCUT2D eigenvalue weighted by molar-refractivity contribution is 0.434. The third-order valence-corrected chi connectivity index (χ3v) is 3.58. The van der Waals surface area contributed by atoms with E-state index in [2.05, 4.69) is 24.4 Å². The smallest absolute Gasteiger partial charge is 0.124 e. The lowest BCUT2D eigenvalue weighted by Crippen LogP contribution is -2.23. The summed E-state index contributed by atoms with van der Waals surface area (Å²) in [6, 6.07) is 15.1. The molecule has 0 saturated carbocycles. The summed E-state index contributed by atoms with van der Waals surface area (Å²) in [5.74, 6) is 0.603. The van der Waals surface area contributed by atoms with E-state index in [-0.39, 0.29) is 17.5 Å². The normalized spacial score (nSPS) is 13.9. The molecule has 2 aromatic carbocycles.